The van der Waals surface area contributed by atoms with Crippen LogP contribution in [0.1, 0.15) is 11.6 Å². The molecule has 1 N–H and O–H groups in total. The second-order valence-corrected chi connectivity index (χ2v) is 4.99. The van der Waals surface area contributed by atoms with E-state index < -0.39 is 0 Å². The van der Waals surface area contributed by atoms with Gasteiger partial charge in [0, 0.05) is 0 Å². The molecule has 2 nitrogen and oxygen atoms in total. The number of hydrogen-bond donors (Lipinski definition) is 1. The Kier molecular flexibility index (Phi) is 3.06. The number of hydrogen-bond acceptors (Lipinski definition) is 2. The molecule has 1 atom stereocenters. The Hall–Kier alpha value is -1.38. The van der Waals surface area contributed by atoms with Gasteiger partial charge in [-0.1, -0.05) is 41.4 Å². The number of nitrogens with one attached hydrogen (secondary N) is 1. The minimum atomic E-state index is 0.0923. The van der Waals surface area contributed by atoms with E-state index in [4.69, 9.17) is 27.9 Å². The lowest BCUT2D eigenvalue weighted by Crippen LogP contribution is -2.23. The number of fused-ring (bicyclic) bond motifs is 1. The summed E-state index contributed by atoms with van der Waals surface area (Å²) in [5.41, 5.74) is 2.07. The zero-order valence-corrected chi connectivity index (χ0v) is 11.0. The van der Waals surface area contributed by atoms with Gasteiger partial charge < -0.3 is 10.1 Å². The van der Waals surface area contributed by atoms with Crippen LogP contribution in [0.25, 0.3) is 0 Å². The number of anilines is 1. The van der Waals surface area contributed by atoms with Crippen molar-refractivity contribution in [2.75, 3.05) is 11.9 Å². The van der Waals surface area contributed by atoms with E-state index in [1.54, 1.807) is 6.07 Å². The number of rotatable bonds is 1. The standard InChI is InChI=1S/C14H11Cl2NO/c15-10-6-5-9(7-11(10)16)13-8-18-14-4-2-1-3-12(14)17-13/h1-7,13,17H,8H2. The number of halogens is 2. The maximum Gasteiger partial charge on any atom is 0.142 e. The monoisotopic (exact) mass is 279 g/mol. The first-order chi connectivity index (χ1) is 8.74. The average molecular weight is 280 g/mol. The Morgan fingerprint density at radius 1 is 1.06 bits per heavy atom. The molecule has 0 spiro atoms. The first-order valence-corrected chi connectivity index (χ1v) is 6.43. The number of benzene rings is 2. The molecule has 1 heterocycles. The van der Waals surface area contributed by atoms with Gasteiger partial charge in [-0.15, -0.1) is 0 Å². The molecule has 4 heteroatoms. The van der Waals surface area contributed by atoms with Crippen LogP contribution in [-0.2, 0) is 0 Å². The van der Waals surface area contributed by atoms with Gasteiger partial charge in [-0.3, -0.25) is 0 Å². The molecule has 2 aromatic carbocycles. The minimum absolute atomic E-state index is 0.0923. The second kappa shape index (κ2) is 4.71. The molecule has 0 radical (unpaired) electrons. The van der Waals surface area contributed by atoms with Gasteiger partial charge >= 0.3 is 0 Å². The Labute approximate surface area is 115 Å². The highest BCUT2D eigenvalue weighted by Crippen LogP contribution is 2.34. The first kappa shape index (κ1) is 11.7. The van der Waals surface area contributed by atoms with Gasteiger partial charge in [0.15, 0.2) is 0 Å². The van der Waals surface area contributed by atoms with Gasteiger partial charge in [-0.2, -0.15) is 0 Å². The van der Waals surface area contributed by atoms with Crippen LogP contribution in [-0.4, -0.2) is 6.61 Å². The summed E-state index contributed by atoms with van der Waals surface area (Å²) < 4.78 is 5.72. The summed E-state index contributed by atoms with van der Waals surface area (Å²) in [6.07, 6.45) is 0. The van der Waals surface area contributed by atoms with Crippen LogP contribution < -0.4 is 10.1 Å². The smallest absolute Gasteiger partial charge is 0.142 e. The summed E-state index contributed by atoms with van der Waals surface area (Å²) in [6, 6.07) is 13.6. The predicted molar refractivity (Wildman–Crippen MR) is 74.8 cm³/mol. The molecule has 0 saturated carbocycles. The molecule has 2 aromatic rings. The van der Waals surface area contributed by atoms with E-state index in [0.717, 1.165) is 17.0 Å². The highest BCUT2D eigenvalue weighted by atomic mass is 35.5. The fourth-order valence-electron chi connectivity index (χ4n) is 2.02. The van der Waals surface area contributed by atoms with E-state index in [1.807, 2.05) is 36.4 Å². The summed E-state index contributed by atoms with van der Waals surface area (Å²) in [6.45, 7) is 0.578. The molecule has 1 aliphatic rings. The van der Waals surface area contributed by atoms with E-state index in [0.29, 0.717) is 16.7 Å². The number of ether oxygens (including phenoxy) is 1. The van der Waals surface area contributed by atoms with Crippen LogP contribution in [0.4, 0.5) is 5.69 Å². The third-order valence-electron chi connectivity index (χ3n) is 2.97. The zero-order valence-electron chi connectivity index (χ0n) is 9.49. The molecule has 0 saturated heterocycles. The van der Waals surface area contributed by atoms with Gasteiger partial charge in [-0.05, 0) is 29.8 Å². The minimum Gasteiger partial charge on any atom is -0.489 e. The quantitative estimate of drug-likeness (QED) is 0.828. The van der Waals surface area contributed by atoms with Gasteiger partial charge in [0.05, 0.1) is 21.8 Å². The molecular formula is C14H11Cl2NO. The fourth-order valence-corrected chi connectivity index (χ4v) is 2.33. The van der Waals surface area contributed by atoms with Crippen molar-refractivity contribution in [2.24, 2.45) is 0 Å². The summed E-state index contributed by atoms with van der Waals surface area (Å²) in [4.78, 5) is 0. The molecule has 1 aliphatic heterocycles. The molecule has 3 rings (SSSR count). The van der Waals surface area contributed by atoms with Crippen molar-refractivity contribution in [2.45, 2.75) is 6.04 Å². The molecule has 18 heavy (non-hydrogen) atoms. The Morgan fingerprint density at radius 3 is 2.72 bits per heavy atom. The van der Waals surface area contributed by atoms with Crippen LogP contribution in [0.5, 0.6) is 5.75 Å². The van der Waals surface area contributed by atoms with Crippen molar-refractivity contribution in [1.82, 2.24) is 0 Å². The zero-order chi connectivity index (χ0) is 12.5. The van der Waals surface area contributed by atoms with Crippen molar-refractivity contribution >= 4 is 28.9 Å². The lowest BCUT2D eigenvalue weighted by molar-refractivity contribution is 0.286. The van der Waals surface area contributed by atoms with Gasteiger partial charge in [0.1, 0.15) is 12.4 Å². The van der Waals surface area contributed by atoms with E-state index in [9.17, 15) is 0 Å². The third-order valence-corrected chi connectivity index (χ3v) is 3.71. The van der Waals surface area contributed by atoms with Crippen LogP contribution in [0, 0.1) is 0 Å². The Bertz CT molecular complexity index is 586. The van der Waals surface area contributed by atoms with Crippen molar-refractivity contribution < 1.29 is 4.74 Å². The lowest BCUT2D eigenvalue weighted by atomic mass is 10.1. The predicted octanol–water partition coefficient (Wildman–Crippen LogP) is 4.54. The molecule has 92 valence electrons. The second-order valence-electron chi connectivity index (χ2n) is 4.18. The van der Waals surface area contributed by atoms with Crippen LogP contribution in [0.15, 0.2) is 42.5 Å². The lowest BCUT2D eigenvalue weighted by Gasteiger charge is -2.27. The summed E-state index contributed by atoms with van der Waals surface area (Å²) in [5.74, 6) is 0.883. The molecule has 0 fully saturated rings. The van der Waals surface area contributed by atoms with Gasteiger partial charge in [0.2, 0.25) is 0 Å². The summed E-state index contributed by atoms with van der Waals surface area (Å²) in [5, 5.41) is 4.57. The van der Waals surface area contributed by atoms with Gasteiger partial charge in [-0.25, -0.2) is 0 Å². The molecule has 0 bridgehead atoms. The molecule has 0 aromatic heterocycles. The van der Waals surface area contributed by atoms with Crippen LogP contribution in [0.3, 0.4) is 0 Å². The van der Waals surface area contributed by atoms with E-state index in [1.165, 1.54) is 0 Å². The van der Waals surface area contributed by atoms with Crippen molar-refractivity contribution in [1.29, 1.82) is 0 Å². The average Bonchev–Trinajstić information content (AvgIpc) is 2.41. The molecule has 0 amide bonds. The van der Waals surface area contributed by atoms with E-state index in [-0.39, 0.29) is 6.04 Å². The maximum atomic E-state index is 6.03. The van der Waals surface area contributed by atoms with Crippen molar-refractivity contribution in [3.63, 3.8) is 0 Å². The molecule has 1 unspecified atom stereocenters. The van der Waals surface area contributed by atoms with Crippen molar-refractivity contribution in [3.05, 3.63) is 58.1 Å². The molecular weight excluding hydrogens is 269 g/mol. The maximum absolute atomic E-state index is 6.03. The number of para-hydroxylation sites is 2. The summed E-state index contributed by atoms with van der Waals surface area (Å²) in [7, 11) is 0. The topological polar surface area (TPSA) is 21.3 Å². The Balaban J connectivity index is 1.89. The van der Waals surface area contributed by atoms with Crippen molar-refractivity contribution in [3.8, 4) is 5.75 Å². The highest BCUT2D eigenvalue weighted by molar-refractivity contribution is 6.42. The Morgan fingerprint density at radius 2 is 1.89 bits per heavy atom. The van der Waals surface area contributed by atoms with Crippen LogP contribution in [0.2, 0.25) is 10.0 Å². The SMILES string of the molecule is Clc1ccc(C2COc3ccccc3N2)cc1Cl. The van der Waals surface area contributed by atoms with E-state index in [2.05, 4.69) is 5.32 Å². The van der Waals surface area contributed by atoms with Crippen LogP contribution >= 0.6 is 23.2 Å². The normalized spacial score (nSPS) is 17.6. The largest absolute Gasteiger partial charge is 0.489 e. The molecule has 0 aliphatic carbocycles. The first-order valence-electron chi connectivity index (χ1n) is 5.67. The highest BCUT2D eigenvalue weighted by Gasteiger charge is 2.20. The van der Waals surface area contributed by atoms with E-state index >= 15 is 0 Å². The third kappa shape index (κ3) is 2.14. The summed E-state index contributed by atoms with van der Waals surface area (Å²) >= 11 is 11.9. The fraction of sp³-hybridized carbons (Fsp3) is 0.143. The van der Waals surface area contributed by atoms with Gasteiger partial charge in [0.25, 0.3) is 0 Å².